The van der Waals surface area contributed by atoms with Crippen molar-refractivity contribution >= 4 is 45.0 Å². The van der Waals surface area contributed by atoms with E-state index in [0.29, 0.717) is 18.0 Å². The lowest BCUT2D eigenvalue weighted by atomic mass is 10.0. The van der Waals surface area contributed by atoms with Crippen molar-refractivity contribution in [2.45, 2.75) is 45.7 Å². The van der Waals surface area contributed by atoms with Crippen molar-refractivity contribution in [1.82, 2.24) is 30.2 Å². The number of hydrogen-bond donors (Lipinski definition) is 1. The normalized spacial score (nSPS) is 18.6. The first kappa shape index (κ1) is 23.7. The van der Waals surface area contributed by atoms with Gasteiger partial charge in [0, 0.05) is 41.9 Å². The number of carbonyl (C=O) groups excluding carboxylic acids is 3. The van der Waals surface area contributed by atoms with Crippen LogP contribution in [0.15, 0.2) is 36.7 Å². The van der Waals surface area contributed by atoms with E-state index in [4.69, 9.17) is 0 Å². The van der Waals surface area contributed by atoms with Gasteiger partial charge >= 0.3 is 6.03 Å². The molecule has 0 atom stereocenters. The maximum atomic E-state index is 12.9. The number of thiophene rings is 1. The van der Waals surface area contributed by atoms with Gasteiger partial charge in [-0.25, -0.2) is 24.8 Å². The van der Waals surface area contributed by atoms with Gasteiger partial charge in [-0.3, -0.25) is 19.8 Å². The van der Waals surface area contributed by atoms with E-state index in [1.807, 2.05) is 12.1 Å². The third-order valence-corrected chi connectivity index (χ3v) is 8.54. The minimum atomic E-state index is -0.544. The molecule has 1 aromatic carbocycles. The SMILES string of the molecule is CC(C)c1cc2c(C3=CCN(Cc4ccc5c(c4)CN(N4CCC(=O)NC4=O)C5=O)CC3)ncnc2s1. The average molecular weight is 517 g/mol. The smallest absolute Gasteiger partial charge is 0.295 e. The summed E-state index contributed by atoms with van der Waals surface area (Å²) in [6, 6.07) is 7.61. The van der Waals surface area contributed by atoms with E-state index < -0.39 is 6.03 Å². The minimum absolute atomic E-state index is 0.188. The molecule has 1 fully saturated rings. The predicted octanol–water partition coefficient (Wildman–Crippen LogP) is 3.92. The Labute approximate surface area is 218 Å². The van der Waals surface area contributed by atoms with Crippen molar-refractivity contribution in [3.8, 4) is 0 Å². The van der Waals surface area contributed by atoms with Gasteiger partial charge in [-0.2, -0.15) is 0 Å². The summed E-state index contributed by atoms with van der Waals surface area (Å²) < 4.78 is 0. The summed E-state index contributed by atoms with van der Waals surface area (Å²) >= 11 is 1.75. The van der Waals surface area contributed by atoms with Crippen molar-refractivity contribution in [1.29, 1.82) is 0 Å². The Hall–Kier alpha value is -3.63. The minimum Gasteiger partial charge on any atom is -0.295 e. The van der Waals surface area contributed by atoms with Gasteiger partial charge in [-0.05, 0) is 41.2 Å². The molecule has 1 N–H and O–H groups in total. The van der Waals surface area contributed by atoms with Gasteiger partial charge in [0.2, 0.25) is 5.91 Å². The van der Waals surface area contributed by atoms with Gasteiger partial charge in [0.05, 0.1) is 18.8 Å². The quantitative estimate of drug-likeness (QED) is 0.552. The Kier molecular flexibility index (Phi) is 6.00. The van der Waals surface area contributed by atoms with Crippen LogP contribution in [0.1, 0.15) is 64.7 Å². The van der Waals surface area contributed by atoms with Gasteiger partial charge in [-0.1, -0.05) is 32.1 Å². The molecule has 10 heteroatoms. The number of aromatic nitrogens is 2. The van der Waals surface area contributed by atoms with Gasteiger partial charge in [-0.15, -0.1) is 11.3 Å². The fraction of sp³-hybridized carbons (Fsp3) is 0.370. The van der Waals surface area contributed by atoms with Crippen molar-refractivity contribution in [3.63, 3.8) is 0 Å². The van der Waals surface area contributed by atoms with Crippen LogP contribution < -0.4 is 5.32 Å². The molecule has 3 aromatic rings. The Balaban J connectivity index is 1.14. The van der Waals surface area contributed by atoms with Crippen LogP contribution in [0.5, 0.6) is 0 Å². The number of imide groups is 1. The van der Waals surface area contributed by atoms with E-state index in [1.54, 1.807) is 17.7 Å². The molecule has 0 radical (unpaired) electrons. The van der Waals surface area contributed by atoms with E-state index in [2.05, 4.69) is 52.2 Å². The fourth-order valence-corrected chi connectivity index (χ4v) is 6.18. The number of urea groups is 1. The number of rotatable bonds is 5. The molecular formula is C27H28N6O3S. The molecule has 190 valence electrons. The highest BCUT2D eigenvalue weighted by atomic mass is 32.1. The lowest BCUT2D eigenvalue weighted by molar-refractivity contribution is -0.123. The summed E-state index contributed by atoms with van der Waals surface area (Å²) in [4.78, 5) is 50.5. The molecular weight excluding hydrogens is 488 g/mol. The predicted molar refractivity (Wildman–Crippen MR) is 141 cm³/mol. The van der Waals surface area contributed by atoms with Crippen molar-refractivity contribution < 1.29 is 14.4 Å². The van der Waals surface area contributed by atoms with E-state index >= 15 is 0 Å². The maximum absolute atomic E-state index is 12.9. The van der Waals surface area contributed by atoms with Crippen LogP contribution in [0.3, 0.4) is 0 Å². The van der Waals surface area contributed by atoms with Crippen molar-refractivity contribution in [2.75, 3.05) is 19.6 Å². The second kappa shape index (κ2) is 9.35. The molecule has 2 aromatic heterocycles. The van der Waals surface area contributed by atoms with E-state index in [1.165, 1.54) is 20.5 Å². The standard InChI is InChI=1S/C27H28N6O3S/c1-16(2)22-12-21-24(28-15-29-25(21)37-22)18-5-8-31(9-6-18)13-17-3-4-20-19(11-17)14-33(26(20)35)32-10-7-23(34)30-27(32)36/h3-5,11-12,15-16H,6-10,13-14H2,1-2H3,(H,30,34,36). The van der Waals surface area contributed by atoms with Crippen molar-refractivity contribution in [3.05, 3.63) is 63.9 Å². The molecule has 1 saturated heterocycles. The molecule has 3 aliphatic heterocycles. The molecule has 37 heavy (non-hydrogen) atoms. The fourth-order valence-electron chi connectivity index (χ4n) is 5.18. The molecule has 0 saturated carbocycles. The summed E-state index contributed by atoms with van der Waals surface area (Å²) in [6.45, 7) is 7.47. The summed E-state index contributed by atoms with van der Waals surface area (Å²) in [7, 11) is 0. The monoisotopic (exact) mass is 516 g/mol. The van der Waals surface area contributed by atoms with Gasteiger partial charge < -0.3 is 0 Å². The lowest BCUT2D eigenvalue weighted by Gasteiger charge is -2.33. The number of nitrogens with zero attached hydrogens (tertiary/aromatic N) is 5. The molecule has 0 unspecified atom stereocenters. The van der Waals surface area contributed by atoms with Crippen LogP contribution in [0.25, 0.3) is 15.8 Å². The number of amides is 4. The van der Waals surface area contributed by atoms with E-state index in [9.17, 15) is 14.4 Å². The number of carbonyl (C=O) groups is 3. The molecule has 0 bridgehead atoms. The summed E-state index contributed by atoms with van der Waals surface area (Å²) in [5, 5.41) is 6.20. The van der Waals surface area contributed by atoms with Crippen LogP contribution in [0.2, 0.25) is 0 Å². The Morgan fingerprint density at radius 1 is 1.05 bits per heavy atom. The van der Waals surface area contributed by atoms with E-state index in [0.717, 1.165) is 53.1 Å². The number of fused-ring (bicyclic) bond motifs is 2. The molecule has 3 aliphatic rings. The molecule has 9 nitrogen and oxygen atoms in total. The van der Waals surface area contributed by atoms with Gasteiger partial charge in [0.25, 0.3) is 5.91 Å². The van der Waals surface area contributed by atoms with Crippen LogP contribution in [0.4, 0.5) is 4.79 Å². The first-order chi connectivity index (χ1) is 17.9. The molecule has 4 amide bonds. The highest BCUT2D eigenvalue weighted by Crippen LogP contribution is 2.34. The first-order valence-corrected chi connectivity index (χ1v) is 13.4. The average Bonchev–Trinajstić information content (AvgIpc) is 3.46. The van der Waals surface area contributed by atoms with E-state index in [-0.39, 0.29) is 24.8 Å². The number of benzene rings is 1. The molecule has 5 heterocycles. The summed E-state index contributed by atoms with van der Waals surface area (Å²) in [5.41, 5.74) is 4.96. The lowest BCUT2D eigenvalue weighted by Crippen LogP contribution is -2.56. The third kappa shape index (κ3) is 4.40. The number of hydrogen-bond acceptors (Lipinski definition) is 7. The zero-order valence-corrected chi connectivity index (χ0v) is 21.7. The zero-order chi connectivity index (χ0) is 25.7. The Morgan fingerprint density at radius 3 is 2.68 bits per heavy atom. The van der Waals surface area contributed by atoms with Gasteiger partial charge in [0.15, 0.2) is 0 Å². The number of hydrazine groups is 1. The first-order valence-electron chi connectivity index (χ1n) is 12.6. The molecule has 6 rings (SSSR count). The topological polar surface area (TPSA) is 98.7 Å². The molecule has 0 aliphatic carbocycles. The van der Waals surface area contributed by atoms with Gasteiger partial charge in [0.1, 0.15) is 11.2 Å². The van der Waals surface area contributed by atoms with Crippen LogP contribution in [0, 0.1) is 0 Å². The van der Waals surface area contributed by atoms with Crippen LogP contribution in [-0.2, 0) is 17.9 Å². The highest BCUT2D eigenvalue weighted by molar-refractivity contribution is 7.18. The number of nitrogens with one attached hydrogen (secondary N) is 1. The largest absolute Gasteiger partial charge is 0.342 e. The van der Waals surface area contributed by atoms with Crippen LogP contribution in [-0.4, -0.2) is 62.4 Å². The third-order valence-electron chi connectivity index (χ3n) is 7.20. The maximum Gasteiger partial charge on any atom is 0.342 e. The van der Waals surface area contributed by atoms with Crippen LogP contribution >= 0.6 is 11.3 Å². The molecule has 0 spiro atoms. The zero-order valence-electron chi connectivity index (χ0n) is 20.9. The second-order valence-corrected chi connectivity index (χ2v) is 11.1. The highest BCUT2D eigenvalue weighted by Gasteiger charge is 2.37. The van der Waals surface area contributed by atoms with Crippen molar-refractivity contribution in [2.24, 2.45) is 0 Å². The Bertz CT molecular complexity index is 1460. The Morgan fingerprint density at radius 2 is 1.92 bits per heavy atom. The summed E-state index contributed by atoms with van der Waals surface area (Å²) in [6.07, 6.45) is 5.05. The second-order valence-electron chi connectivity index (χ2n) is 10.0. The summed E-state index contributed by atoms with van der Waals surface area (Å²) in [5.74, 6) is -0.0493.